The van der Waals surface area contributed by atoms with Gasteiger partial charge in [0.15, 0.2) is 0 Å². The number of hydrogen-bond acceptors (Lipinski definition) is 3. The molecule has 0 aromatic carbocycles. The third kappa shape index (κ3) is 3.36. The summed E-state index contributed by atoms with van der Waals surface area (Å²) in [5, 5.41) is 11.2. The molecule has 0 bridgehead atoms. The van der Waals surface area contributed by atoms with Crippen LogP contribution < -0.4 is 5.32 Å². The van der Waals surface area contributed by atoms with Crippen molar-refractivity contribution in [1.29, 1.82) is 0 Å². The van der Waals surface area contributed by atoms with Gasteiger partial charge >= 0.3 is 6.09 Å². The zero-order chi connectivity index (χ0) is 12.0. The van der Waals surface area contributed by atoms with E-state index in [0.717, 1.165) is 0 Å². The summed E-state index contributed by atoms with van der Waals surface area (Å²) >= 11 is 0. The maximum absolute atomic E-state index is 10.6. The molecule has 1 rings (SSSR count). The maximum Gasteiger partial charge on any atom is 0.405 e. The molecule has 0 spiro atoms. The number of nitrogens with one attached hydrogen (secondary N) is 1. The van der Waals surface area contributed by atoms with Gasteiger partial charge in [-0.05, 0) is 0 Å². The van der Waals surface area contributed by atoms with Crippen LogP contribution in [0.5, 0.6) is 0 Å². The van der Waals surface area contributed by atoms with Crippen molar-refractivity contribution in [2.45, 2.75) is 12.1 Å². The minimum atomic E-state index is -1.02. The fourth-order valence-electron chi connectivity index (χ4n) is 1.88. The van der Waals surface area contributed by atoms with Crippen molar-refractivity contribution in [3.8, 4) is 0 Å². The normalized spacial score (nSPS) is 24.3. The van der Waals surface area contributed by atoms with E-state index in [1.54, 1.807) is 12.2 Å². The molecular weight excluding hydrogens is 208 g/mol. The average molecular weight is 226 g/mol. The molecular formula is C11H18N2O3. The van der Waals surface area contributed by atoms with Crippen LogP contribution in [-0.2, 0) is 4.74 Å². The Morgan fingerprint density at radius 3 is 2.56 bits per heavy atom. The van der Waals surface area contributed by atoms with E-state index in [0.29, 0.717) is 26.3 Å². The van der Waals surface area contributed by atoms with E-state index in [2.05, 4.69) is 23.4 Å². The summed E-state index contributed by atoms with van der Waals surface area (Å²) in [4.78, 5) is 12.7. The van der Waals surface area contributed by atoms with Gasteiger partial charge in [-0.1, -0.05) is 12.2 Å². The molecule has 1 aliphatic rings. The van der Waals surface area contributed by atoms with Gasteiger partial charge < -0.3 is 15.2 Å². The Morgan fingerprint density at radius 2 is 2.06 bits per heavy atom. The zero-order valence-corrected chi connectivity index (χ0v) is 9.26. The minimum absolute atomic E-state index is 0.0482. The lowest BCUT2D eigenvalue weighted by Gasteiger charge is -2.29. The molecule has 0 aliphatic carbocycles. The second-order valence-electron chi connectivity index (χ2n) is 3.69. The highest BCUT2D eigenvalue weighted by Crippen LogP contribution is 2.13. The lowest BCUT2D eigenvalue weighted by atomic mass is 10.1. The molecule has 16 heavy (non-hydrogen) atoms. The van der Waals surface area contributed by atoms with Crippen LogP contribution in [0.3, 0.4) is 0 Å². The van der Waals surface area contributed by atoms with Crippen LogP contribution in [0, 0.1) is 0 Å². The standard InChI is InChI=1S/C11H18N2O3/c1-3-5-13(6-4-2)10-8-16-7-9(10)12-11(14)15/h3-4,9-10,12H,1-2,5-8H2,(H,14,15). The topological polar surface area (TPSA) is 61.8 Å². The van der Waals surface area contributed by atoms with E-state index in [1.807, 2.05) is 0 Å². The Balaban J connectivity index is 2.61. The molecule has 5 nitrogen and oxygen atoms in total. The van der Waals surface area contributed by atoms with Crippen molar-refractivity contribution < 1.29 is 14.6 Å². The molecule has 0 radical (unpaired) electrons. The summed E-state index contributed by atoms with van der Waals surface area (Å²) in [7, 11) is 0. The molecule has 1 heterocycles. The number of amides is 1. The molecule has 0 aromatic rings. The molecule has 1 amide bonds. The Bertz CT molecular complexity index is 258. The second-order valence-corrected chi connectivity index (χ2v) is 3.69. The molecule has 2 atom stereocenters. The monoisotopic (exact) mass is 226 g/mol. The van der Waals surface area contributed by atoms with E-state index in [1.165, 1.54) is 0 Å². The Kier molecular flexibility index (Phi) is 5.01. The van der Waals surface area contributed by atoms with Crippen LogP contribution in [0.25, 0.3) is 0 Å². The van der Waals surface area contributed by atoms with Crippen molar-refractivity contribution in [3.05, 3.63) is 25.3 Å². The van der Waals surface area contributed by atoms with Gasteiger partial charge in [0.25, 0.3) is 0 Å². The van der Waals surface area contributed by atoms with E-state index in [-0.39, 0.29) is 12.1 Å². The van der Waals surface area contributed by atoms with Gasteiger partial charge in [-0.15, -0.1) is 13.2 Å². The van der Waals surface area contributed by atoms with Gasteiger partial charge in [-0.3, -0.25) is 4.90 Å². The number of hydrogen-bond donors (Lipinski definition) is 2. The summed E-state index contributed by atoms with van der Waals surface area (Å²) in [5.41, 5.74) is 0. The van der Waals surface area contributed by atoms with Gasteiger partial charge in [0, 0.05) is 13.1 Å². The molecule has 5 heteroatoms. The molecule has 1 saturated heterocycles. The molecule has 90 valence electrons. The smallest absolute Gasteiger partial charge is 0.405 e. The van der Waals surface area contributed by atoms with Crippen LogP contribution in [0.4, 0.5) is 4.79 Å². The van der Waals surface area contributed by atoms with Crippen LogP contribution in [-0.4, -0.2) is 54.5 Å². The predicted octanol–water partition coefficient (Wildman–Crippen LogP) is 0.695. The third-order valence-electron chi connectivity index (χ3n) is 2.56. The van der Waals surface area contributed by atoms with Crippen LogP contribution in [0.2, 0.25) is 0 Å². The van der Waals surface area contributed by atoms with Crippen LogP contribution in [0.15, 0.2) is 25.3 Å². The fraction of sp³-hybridized carbons (Fsp3) is 0.545. The SMILES string of the molecule is C=CCN(CC=C)C1COCC1NC(=O)O. The first-order valence-corrected chi connectivity index (χ1v) is 5.22. The van der Waals surface area contributed by atoms with Crippen molar-refractivity contribution in [2.24, 2.45) is 0 Å². The van der Waals surface area contributed by atoms with Gasteiger partial charge in [-0.2, -0.15) is 0 Å². The van der Waals surface area contributed by atoms with Gasteiger partial charge in [0.05, 0.1) is 25.3 Å². The highest BCUT2D eigenvalue weighted by molar-refractivity contribution is 5.65. The first kappa shape index (κ1) is 12.7. The summed E-state index contributed by atoms with van der Waals surface area (Å²) in [6.45, 7) is 9.71. The van der Waals surface area contributed by atoms with Crippen LogP contribution in [0.1, 0.15) is 0 Å². The first-order chi connectivity index (χ1) is 7.69. The minimum Gasteiger partial charge on any atom is -0.465 e. The number of rotatable bonds is 6. The largest absolute Gasteiger partial charge is 0.465 e. The number of carbonyl (C=O) groups is 1. The van der Waals surface area contributed by atoms with Crippen molar-refractivity contribution >= 4 is 6.09 Å². The van der Waals surface area contributed by atoms with E-state index < -0.39 is 6.09 Å². The lowest BCUT2D eigenvalue weighted by Crippen LogP contribution is -2.50. The summed E-state index contributed by atoms with van der Waals surface area (Å²) in [5.74, 6) is 0. The molecule has 1 aliphatic heterocycles. The maximum atomic E-state index is 10.6. The first-order valence-electron chi connectivity index (χ1n) is 5.22. The molecule has 2 unspecified atom stereocenters. The Labute approximate surface area is 95.4 Å². The molecule has 2 N–H and O–H groups in total. The predicted molar refractivity (Wildman–Crippen MR) is 61.5 cm³/mol. The second kappa shape index (κ2) is 6.30. The highest BCUT2D eigenvalue weighted by Gasteiger charge is 2.33. The molecule has 0 aromatic heterocycles. The number of ether oxygens (including phenoxy) is 1. The van der Waals surface area contributed by atoms with Crippen LogP contribution >= 0.6 is 0 Å². The molecule has 1 fully saturated rings. The quantitative estimate of drug-likeness (QED) is 0.654. The zero-order valence-electron chi connectivity index (χ0n) is 9.26. The van der Waals surface area contributed by atoms with E-state index in [9.17, 15) is 4.79 Å². The number of nitrogens with zero attached hydrogens (tertiary/aromatic N) is 1. The van der Waals surface area contributed by atoms with Crippen molar-refractivity contribution in [2.75, 3.05) is 26.3 Å². The Hall–Kier alpha value is -1.33. The van der Waals surface area contributed by atoms with Gasteiger partial charge in [0.1, 0.15) is 0 Å². The third-order valence-corrected chi connectivity index (χ3v) is 2.56. The van der Waals surface area contributed by atoms with Crippen molar-refractivity contribution in [1.82, 2.24) is 10.2 Å². The van der Waals surface area contributed by atoms with Gasteiger partial charge in [-0.25, -0.2) is 4.79 Å². The number of carboxylic acid groups (broad SMARTS) is 1. The fourth-order valence-corrected chi connectivity index (χ4v) is 1.88. The lowest BCUT2D eigenvalue weighted by molar-refractivity contribution is 0.158. The summed E-state index contributed by atoms with van der Waals surface area (Å²) in [6.07, 6.45) is 2.57. The summed E-state index contributed by atoms with van der Waals surface area (Å²) < 4.78 is 5.31. The van der Waals surface area contributed by atoms with E-state index in [4.69, 9.17) is 9.84 Å². The van der Waals surface area contributed by atoms with E-state index >= 15 is 0 Å². The van der Waals surface area contributed by atoms with Crippen molar-refractivity contribution in [3.63, 3.8) is 0 Å². The van der Waals surface area contributed by atoms with Gasteiger partial charge in [0.2, 0.25) is 0 Å². The summed E-state index contributed by atoms with van der Waals surface area (Å²) in [6, 6.07) is -0.135. The Morgan fingerprint density at radius 1 is 1.44 bits per heavy atom. The highest BCUT2D eigenvalue weighted by atomic mass is 16.5. The average Bonchev–Trinajstić information content (AvgIpc) is 2.64. The molecule has 0 saturated carbocycles.